The van der Waals surface area contributed by atoms with Crippen LogP contribution in [-0.4, -0.2) is 48.8 Å². The topological polar surface area (TPSA) is 49.8 Å². The van der Waals surface area contributed by atoms with E-state index in [0.717, 1.165) is 6.42 Å². The molecule has 0 bridgehead atoms. The van der Waals surface area contributed by atoms with Gasteiger partial charge in [-0.1, -0.05) is 6.92 Å². The summed E-state index contributed by atoms with van der Waals surface area (Å²) < 4.78 is 5.01. The molecule has 0 aliphatic heterocycles. The van der Waals surface area contributed by atoms with Gasteiger partial charge in [-0.2, -0.15) is 0 Å². The van der Waals surface area contributed by atoms with Crippen molar-refractivity contribution in [3.63, 3.8) is 0 Å². The predicted octanol–water partition coefficient (Wildman–Crippen LogP) is 0.816. The summed E-state index contributed by atoms with van der Waals surface area (Å²) >= 11 is 0. The molecule has 13 heavy (non-hydrogen) atoms. The van der Waals surface area contributed by atoms with Crippen LogP contribution in [0.25, 0.3) is 0 Å². The van der Waals surface area contributed by atoms with Gasteiger partial charge in [0.05, 0.1) is 6.61 Å². The Hall–Kier alpha value is -0.610. The minimum Gasteiger partial charge on any atom is -0.480 e. The van der Waals surface area contributed by atoms with Gasteiger partial charge in [0.1, 0.15) is 6.04 Å². The number of ether oxygens (including phenoxy) is 1. The van der Waals surface area contributed by atoms with Gasteiger partial charge in [-0.3, -0.25) is 9.69 Å². The molecule has 1 N–H and O–H groups in total. The lowest BCUT2D eigenvalue weighted by atomic mass is 10.1. The van der Waals surface area contributed by atoms with Gasteiger partial charge in [0.2, 0.25) is 0 Å². The van der Waals surface area contributed by atoms with E-state index < -0.39 is 12.0 Å². The molecule has 0 rings (SSSR count). The molecule has 0 saturated heterocycles. The monoisotopic (exact) mass is 189 g/mol. The maximum Gasteiger partial charge on any atom is 0.320 e. The van der Waals surface area contributed by atoms with Gasteiger partial charge in [0, 0.05) is 13.2 Å². The van der Waals surface area contributed by atoms with Gasteiger partial charge in [-0.05, 0) is 20.4 Å². The van der Waals surface area contributed by atoms with Crippen molar-refractivity contribution in [2.75, 3.05) is 20.8 Å². The molecule has 4 heteroatoms. The van der Waals surface area contributed by atoms with Crippen LogP contribution in [0.15, 0.2) is 0 Å². The van der Waals surface area contributed by atoms with Crippen molar-refractivity contribution in [1.82, 2.24) is 4.90 Å². The Morgan fingerprint density at radius 3 is 2.46 bits per heavy atom. The minimum absolute atomic E-state index is 0.177. The summed E-state index contributed by atoms with van der Waals surface area (Å²) in [7, 11) is 3.44. The third-order valence-electron chi connectivity index (χ3n) is 2.37. The summed E-state index contributed by atoms with van der Waals surface area (Å²) in [6.07, 6.45) is 0.891. The highest BCUT2D eigenvalue weighted by Gasteiger charge is 2.22. The summed E-state index contributed by atoms with van der Waals surface area (Å²) in [5, 5.41) is 8.78. The Morgan fingerprint density at radius 2 is 2.15 bits per heavy atom. The summed E-state index contributed by atoms with van der Waals surface area (Å²) in [6.45, 7) is 4.28. The van der Waals surface area contributed by atoms with E-state index in [2.05, 4.69) is 0 Å². The summed E-state index contributed by atoms with van der Waals surface area (Å²) in [5.74, 6) is -0.794. The zero-order chi connectivity index (χ0) is 10.4. The van der Waals surface area contributed by atoms with Crippen molar-refractivity contribution >= 4 is 5.97 Å². The Bertz CT molecular complexity index is 161. The van der Waals surface area contributed by atoms with Gasteiger partial charge in [-0.25, -0.2) is 0 Å². The molecule has 0 fully saturated rings. The van der Waals surface area contributed by atoms with Gasteiger partial charge in [0.15, 0.2) is 0 Å². The number of rotatable bonds is 6. The third-order valence-corrected chi connectivity index (χ3v) is 2.37. The zero-order valence-corrected chi connectivity index (χ0v) is 8.78. The van der Waals surface area contributed by atoms with Crippen LogP contribution >= 0.6 is 0 Å². The van der Waals surface area contributed by atoms with Crippen molar-refractivity contribution in [3.05, 3.63) is 0 Å². The van der Waals surface area contributed by atoms with Crippen LogP contribution in [0.1, 0.15) is 20.3 Å². The second-order valence-corrected chi connectivity index (χ2v) is 3.20. The van der Waals surface area contributed by atoms with Crippen LogP contribution in [0.2, 0.25) is 0 Å². The molecule has 0 saturated carbocycles. The Balaban J connectivity index is 4.17. The van der Waals surface area contributed by atoms with E-state index in [4.69, 9.17) is 9.84 Å². The molecule has 0 aromatic carbocycles. The van der Waals surface area contributed by atoms with E-state index in [-0.39, 0.29) is 6.04 Å². The van der Waals surface area contributed by atoms with Crippen LogP contribution in [0, 0.1) is 0 Å². The van der Waals surface area contributed by atoms with Gasteiger partial charge in [-0.15, -0.1) is 0 Å². The molecule has 0 heterocycles. The van der Waals surface area contributed by atoms with Crippen molar-refractivity contribution in [2.45, 2.75) is 32.4 Å². The summed E-state index contributed by atoms with van der Waals surface area (Å²) in [5.41, 5.74) is 0. The molecule has 0 aliphatic rings. The average molecular weight is 189 g/mol. The second-order valence-electron chi connectivity index (χ2n) is 3.20. The lowest BCUT2D eigenvalue weighted by molar-refractivity contribution is -0.143. The van der Waals surface area contributed by atoms with Crippen molar-refractivity contribution in [1.29, 1.82) is 0 Å². The zero-order valence-electron chi connectivity index (χ0n) is 8.78. The van der Waals surface area contributed by atoms with Crippen LogP contribution in [0.4, 0.5) is 0 Å². The van der Waals surface area contributed by atoms with Crippen molar-refractivity contribution in [3.8, 4) is 0 Å². The number of carboxylic acids is 1. The molecular formula is C9H19NO3. The summed E-state index contributed by atoms with van der Waals surface area (Å²) in [4.78, 5) is 12.5. The molecular weight excluding hydrogens is 170 g/mol. The maximum absolute atomic E-state index is 10.7. The highest BCUT2D eigenvalue weighted by molar-refractivity contribution is 5.72. The van der Waals surface area contributed by atoms with Gasteiger partial charge in [0.25, 0.3) is 0 Å². The second kappa shape index (κ2) is 5.94. The third kappa shape index (κ3) is 3.74. The fraction of sp³-hybridized carbons (Fsp3) is 0.889. The van der Waals surface area contributed by atoms with E-state index in [1.54, 1.807) is 14.0 Å². The fourth-order valence-corrected chi connectivity index (χ4v) is 1.21. The van der Waals surface area contributed by atoms with E-state index in [1.165, 1.54) is 0 Å². The Kier molecular flexibility index (Phi) is 5.66. The van der Waals surface area contributed by atoms with Gasteiger partial charge < -0.3 is 9.84 Å². The lowest BCUT2D eigenvalue weighted by Gasteiger charge is -2.29. The van der Waals surface area contributed by atoms with Crippen LogP contribution < -0.4 is 0 Å². The number of methoxy groups -OCH3 is 1. The quantitative estimate of drug-likeness (QED) is 0.672. The molecule has 0 radical (unpaired) electrons. The first kappa shape index (κ1) is 12.4. The van der Waals surface area contributed by atoms with Crippen LogP contribution in [0.3, 0.4) is 0 Å². The van der Waals surface area contributed by atoms with E-state index >= 15 is 0 Å². The van der Waals surface area contributed by atoms with Crippen molar-refractivity contribution in [2.24, 2.45) is 0 Å². The largest absolute Gasteiger partial charge is 0.480 e. The normalized spacial score (nSPS) is 15.8. The highest BCUT2D eigenvalue weighted by Crippen LogP contribution is 2.06. The number of carboxylic acid groups (broad SMARTS) is 1. The number of nitrogens with zero attached hydrogens (tertiary/aromatic N) is 1. The molecule has 4 nitrogen and oxygen atoms in total. The molecule has 2 unspecified atom stereocenters. The lowest BCUT2D eigenvalue weighted by Crippen LogP contribution is -2.44. The molecule has 0 aliphatic carbocycles. The van der Waals surface area contributed by atoms with Crippen LogP contribution in [0.5, 0.6) is 0 Å². The number of likely N-dealkylation sites (N-methyl/N-ethyl adjacent to an activating group) is 1. The van der Waals surface area contributed by atoms with Gasteiger partial charge >= 0.3 is 5.97 Å². The first-order chi connectivity index (χ1) is 6.04. The number of aliphatic carboxylic acids is 1. The molecule has 0 aromatic heterocycles. The molecule has 0 aromatic rings. The predicted molar refractivity (Wildman–Crippen MR) is 50.8 cm³/mol. The summed E-state index contributed by atoms with van der Waals surface area (Å²) in [6, 6.07) is -0.281. The van der Waals surface area contributed by atoms with E-state index in [9.17, 15) is 4.79 Å². The number of carbonyl (C=O) groups is 1. The molecule has 0 spiro atoms. The SMILES string of the molecule is CCC(COC)N(C)C(C)C(=O)O. The van der Waals surface area contributed by atoms with E-state index in [0.29, 0.717) is 6.61 Å². The first-order valence-electron chi connectivity index (χ1n) is 4.48. The van der Waals surface area contributed by atoms with Crippen molar-refractivity contribution < 1.29 is 14.6 Å². The highest BCUT2D eigenvalue weighted by atomic mass is 16.5. The Morgan fingerprint density at radius 1 is 1.62 bits per heavy atom. The fourth-order valence-electron chi connectivity index (χ4n) is 1.21. The number of hydrogen-bond acceptors (Lipinski definition) is 3. The Labute approximate surface area is 79.5 Å². The average Bonchev–Trinajstić information content (AvgIpc) is 2.11. The smallest absolute Gasteiger partial charge is 0.320 e. The molecule has 2 atom stereocenters. The molecule has 78 valence electrons. The number of hydrogen-bond donors (Lipinski definition) is 1. The molecule has 0 amide bonds. The first-order valence-corrected chi connectivity index (χ1v) is 4.48. The minimum atomic E-state index is -0.794. The van der Waals surface area contributed by atoms with Crippen LogP contribution in [-0.2, 0) is 9.53 Å². The standard InChI is InChI=1S/C9H19NO3/c1-5-8(6-13-4)10(3)7(2)9(11)12/h7-8H,5-6H2,1-4H3,(H,11,12). The van der Waals surface area contributed by atoms with E-state index in [1.807, 2.05) is 18.9 Å². The maximum atomic E-state index is 10.7.